The van der Waals surface area contributed by atoms with Gasteiger partial charge >= 0.3 is 6.18 Å². The quantitative estimate of drug-likeness (QED) is 0.415. The molecule has 0 heterocycles. The number of ether oxygens (including phenoxy) is 3. The van der Waals surface area contributed by atoms with Gasteiger partial charge in [-0.15, -0.1) is 0 Å². The summed E-state index contributed by atoms with van der Waals surface area (Å²) in [5.74, 6) is -0.978. The van der Waals surface area contributed by atoms with Crippen molar-refractivity contribution in [2.75, 3.05) is 21.3 Å². The molecule has 0 rings (SSSR count). The third-order valence-electron chi connectivity index (χ3n) is 3.55. The third-order valence-corrected chi connectivity index (χ3v) is 3.55. The largest absolute Gasteiger partial charge is 0.389 e. The smallest absolute Gasteiger partial charge is 0.331 e. The molecule has 0 aromatic heterocycles. The molecule has 122 valence electrons. The Hall–Kier alpha value is -0.330. The summed E-state index contributed by atoms with van der Waals surface area (Å²) in [5.41, 5.74) is 0. The number of hydrogen-bond donors (Lipinski definition) is 0. The normalized spacial score (nSPS) is 14.6. The lowest BCUT2D eigenvalue weighted by molar-refractivity contribution is -0.377. The van der Waals surface area contributed by atoms with Gasteiger partial charge in [-0.1, -0.05) is 32.6 Å². The van der Waals surface area contributed by atoms with Crippen LogP contribution in [0.2, 0.25) is 0 Å². The summed E-state index contributed by atoms with van der Waals surface area (Å²) in [6.45, 7) is 1.97. The maximum atomic E-state index is 11.9. The van der Waals surface area contributed by atoms with Gasteiger partial charge in [-0.25, -0.2) is 0 Å². The van der Waals surface area contributed by atoms with Gasteiger partial charge in [0.2, 0.25) is 0 Å². The first-order valence-electron chi connectivity index (χ1n) is 7.03. The molecule has 6 heteroatoms. The molecule has 1 unspecified atom stereocenters. The summed E-state index contributed by atoms with van der Waals surface area (Å²) in [6, 6.07) is 0. The second kappa shape index (κ2) is 9.58. The van der Waals surface area contributed by atoms with Crippen LogP contribution in [0.25, 0.3) is 0 Å². The van der Waals surface area contributed by atoms with E-state index in [0.717, 1.165) is 25.7 Å². The predicted octanol–water partition coefficient (Wildman–Crippen LogP) is 4.51. The van der Waals surface area contributed by atoms with E-state index in [1.165, 1.54) is 21.3 Å². The fourth-order valence-electron chi connectivity index (χ4n) is 2.34. The molecule has 0 saturated carbocycles. The Labute approximate surface area is 119 Å². The fourth-order valence-corrected chi connectivity index (χ4v) is 2.34. The Bertz CT molecular complexity index is 232. The maximum absolute atomic E-state index is 11.9. The first kappa shape index (κ1) is 19.7. The van der Waals surface area contributed by atoms with Crippen LogP contribution in [0.15, 0.2) is 0 Å². The van der Waals surface area contributed by atoms with E-state index in [4.69, 9.17) is 14.2 Å². The van der Waals surface area contributed by atoms with E-state index in [9.17, 15) is 13.2 Å². The molecule has 0 saturated heterocycles. The summed E-state index contributed by atoms with van der Waals surface area (Å²) in [6.07, 6.45) is -0.361. The van der Waals surface area contributed by atoms with Gasteiger partial charge in [0.25, 0.3) is 5.97 Å². The summed E-state index contributed by atoms with van der Waals surface area (Å²) in [7, 11) is 4.59. The standard InChI is InChI=1S/C14H27F3O3/c1-12(14(18-2,19-3)20-4)10-8-6-5-7-9-11-13(15,16)17/h12H,5-11H2,1-4H3. The monoisotopic (exact) mass is 300 g/mol. The summed E-state index contributed by atoms with van der Waals surface area (Å²) in [5, 5.41) is 0. The second-order valence-corrected chi connectivity index (χ2v) is 5.04. The Morgan fingerprint density at radius 3 is 1.70 bits per heavy atom. The van der Waals surface area contributed by atoms with Crippen LogP contribution in [0, 0.1) is 5.92 Å². The minimum atomic E-state index is -4.02. The molecule has 0 aromatic carbocycles. The van der Waals surface area contributed by atoms with E-state index >= 15 is 0 Å². The highest BCUT2D eigenvalue weighted by atomic mass is 19.4. The Morgan fingerprint density at radius 1 is 0.800 bits per heavy atom. The van der Waals surface area contributed by atoms with Crippen LogP contribution in [-0.2, 0) is 14.2 Å². The molecule has 0 fully saturated rings. The molecule has 0 spiro atoms. The van der Waals surface area contributed by atoms with Crippen molar-refractivity contribution in [2.24, 2.45) is 5.92 Å². The highest BCUT2D eigenvalue weighted by molar-refractivity contribution is 4.66. The number of halogens is 3. The zero-order valence-electron chi connectivity index (χ0n) is 12.9. The van der Waals surface area contributed by atoms with Crippen LogP contribution < -0.4 is 0 Å². The topological polar surface area (TPSA) is 27.7 Å². The van der Waals surface area contributed by atoms with Crippen molar-refractivity contribution >= 4 is 0 Å². The molecule has 0 aliphatic heterocycles. The van der Waals surface area contributed by atoms with Crippen molar-refractivity contribution in [3.8, 4) is 0 Å². The van der Waals surface area contributed by atoms with Gasteiger partial charge in [0.1, 0.15) is 0 Å². The molecule has 0 radical (unpaired) electrons. The molecule has 0 aliphatic rings. The molecule has 0 bridgehead atoms. The van der Waals surface area contributed by atoms with Crippen LogP contribution in [0.3, 0.4) is 0 Å². The summed E-state index contributed by atoms with van der Waals surface area (Å²) < 4.78 is 51.6. The average molecular weight is 300 g/mol. The molecule has 0 N–H and O–H groups in total. The fraction of sp³-hybridized carbons (Fsp3) is 1.00. The number of alkyl halides is 3. The molecule has 20 heavy (non-hydrogen) atoms. The van der Waals surface area contributed by atoms with E-state index in [0.29, 0.717) is 6.42 Å². The minimum Gasteiger partial charge on any atom is -0.331 e. The second-order valence-electron chi connectivity index (χ2n) is 5.04. The zero-order chi connectivity index (χ0) is 15.6. The van der Waals surface area contributed by atoms with Crippen molar-refractivity contribution in [1.29, 1.82) is 0 Å². The number of unbranched alkanes of at least 4 members (excludes halogenated alkanes) is 4. The SMILES string of the molecule is COC(OC)(OC)C(C)CCCCCCCC(F)(F)F. The van der Waals surface area contributed by atoms with Crippen molar-refractivity contribution in [2.45, 2.75) is 64.0 Å². The number of rotatable bonds is 11. The van der Waals surface area contributed by atoms with Crippen LogP contribution in [0.5, 0.6) is 0 Å². The van der Waals surface area contributed by atoms with E-state index in [1.54, 1.807) is 0 Å². The lowest BCUT2D eigenvalue weighted by atomic mass is 9.99. The lowest BCUT2D eigenvalue weighted by Crippen LogP contribution is -2.42. The van der Waals surface area contributed by atoms with E-state index < -0.39 is 18.6 Å². The van der Waals surface area contributed by atoms with Gasteiger partial charge in [-0.2, -0.15) is 13.2 Å². The number of methoxy groups -OCH3 is 3. The lowest BCUT2D eigenvalue weighted by Gasteiger charge is -2.34. The zero-order valence-corrected chi connectivity index (χ0v) is 12.9. The molecule has 3 nitrogen and oxygen atoms in total. The molecule has 0 aromatic rings. The summed E-state index contributed by atoms with van der Waals surface area (Å²) >= 11 is 0. The van der Waals surface area contributed by atoms with Gasteiger partial charge in [-0.3, -0.25) is 0 Å². The predicted molar refractivity (Wildman–Crippen MR) is 71.3 cm³/mol. The van der Waals surface area contributed by atoms with Gasteiger partial charge in [-0.05, 0) is 12.8 Å². The first-order valence-corrected chi connectivity index (χ1v) is 7.03. The molecule has 0 aliphatic carbocycles. The highest BCUT2D eigenvalue weighted by Gasteiger charge is 2.36. The van der Waals surface area contributed by atoms with Crippen LogP contribution in [0.1, 0.15) is 51.9 Å². The minimum absolute atomic E-state index is 0.0534. The van der Waals surface area contributed by atoms with Crippen molar-refractivity contribution in [3.05, 3.63) is 0 Å². The van der Waals surface area contributed by atoms with Crippen LogP contribution in [0.4, 0.5) is 13.2 Å². The van der Waals surface area contributed by atoms with Crippen LogP contribution in [-0.4, -0.2) is 33.5 Å². The van der Waals surface area contributed by atoms with Crippen molar-refractivity contribution < 1.29 is 27.4 Å². The van der Waals surface area contributed by atoms with E-state index in [1.807, 2.05) is 6.92 Å². The Morgan fingerprint density at radius 2 is 1.25 bits per heavy atom. The van der Waals surface area contributed by atoms with Crippen LogP contribution >= 0.6 is 0 Å². The molecule has 1 atom stereocenters. The first-order chi connectivity index (χ1) is 9.31. The molecule has 0 amide bonds. The van der Waals surface area contributed by atoms with Gasteiger partial charge in [0, 0.05) is 33.7 Å². The third kappa shape index (κ3) is 7.45. The Kier molecular flexibility index (Phi) is 9.42. The van der Waals surface area contributed by atoms with Gasteiger partial charge < -0.3 is 14.2 Å². The molecular weight excluding hydrogens is 273 g/mol. The Balaban J connectivity index is 3.74. The molecular formula is C14H27F3O3. The van der Waals surface area contributed by atoms with Crippen molar-refractivity contribution in [1.82, 2.24) is 0 Å². The summed E-state index contributed by atoms with van der Waals surface area (Å²) in [4.78, 5) is 0. The van der Waals surface area contributed by atoms with E-state index in [-0.39, 0.29) is 12.3 Å². The maximum Gasteiger partial charge on any atom is 0.389 e. The van der Waals surface area contributed by atoms with E-state index in [2.05, 4.69) is 0 Å². The van der Waals surface area contributed by atoms with Gasteiger partial charge in [0.15, 0.2) is 0 Å². The van der Waals surface area contributed by atoms with Gasteiger partial charge in [0.05, 0.1) is 0 Å². The number of hydrogen-bond acceptors (Lipinski definition) is 3. The van der Waals surface area contributed by atoms with Crippen molar-refractivity contribution in [3.63, 3.8) is 0 Å². The highest BCUT2D eigenvalue weighted by Crippen LogP contribution is 2.28. The average Bonchev–Trinajstić information content (AvgIpc) is 2.39.